The first-order valence-electron chi connectivity index (χ1n) is 4.31. The van der Waals surface area contributed by atoms with Gasteiger partial charge in [0, 0.05) is 5.69 Å². The molecule has 0 aliphatic carbocycles. The lowest BCUT2D eigenvalue weighted by atomic mass is 10.2. The van der Waals surface area contributed by atoms with Gasteiger partial charge in [0.2, 0.25) is 0 Å². The van der Waals surface area contributed by atoms with Crippen LogP contribution in [0.3, 0.4) is 0 Å². The number of imidazole rings is 1. The van der Waals surface area contributed by atoms with Crippen LogP contribution in [0.1, 0.15) is 19.0 Å². The van der Waals surface area contributed by atoms with Gasteiger partial charge in [0.25, 0.3) is 0 Å². The molecule has 0 fully saturated rings. The Bertz CT molecular complexity index is 436. The molecule has 5 nitrogen and oxygen atoms in total. The normalized spacial score (nSPS) is 12.7. The summed E-state index contributed by atoms with van der Waals surface area (Å²) in [4.78, 5) is 15.5. The third-order valence-electron chi connectivity index (χ3n) is 2.06. The molecule has 0 aromatic heterocycles. The molecule has 66 valence electrons. The van der Waals surface area contributed by atoms with Gasteiger partial charge in [-0.2, -0.15) is 15.0 Å². The van der Waals surface area contributed by atoms with Crippen LogP contribution in [0.4, 0.5) is 0 Å². The van der Waals surface area contributed by atoms with Gasteiger partial charge in [0.1, 0.15) is 5.69 Å². The van der Waals surface area contributed by atoms with Gasteiger partial charge in [-0.25, -0.2) is 0 Å². The van der Waals surface area contributed by atoms with Crippen LogP contribution in [-0.2, 0) is 6.42 Å². The van der Waals surface area contributed by atoms with Crippen LogP contribution in [-0.4, -0.2) is 19.9 Å². The molecule has 5 heteroatoms. The molecule has 0 spiro atoms. The summed E-state index contributed by atoms with van der Waals surface area (Å²) in [7, 11) is 0. The standard InChI is InChI=1S/C8H8N4O/c1-2-3-4-5-6-11-7(9-4)13-8(10-5)12-6/h2-3H2,1H3,(H,9,10,11,12). The van der Waals surface area contributed by atoms with Crippen LogP contribution >= 0.6 is 0 Å². The van der Waals surface area contributed by atoms with Crippen molar-refractivity contribution in [3.63, 3.8) is 0 Å². The van der Waals surface area contributed by atoms with Crippen LogP contribution in [0.5, 0.6) is 12.0 Å². The van der Waals surface area contributed by atoms with Crippen LogP contribution in [0, 0.1) is 0 Å². The quantitative estimate of drug-likeness (QED) is 0.640. The summed E-state index contributed by atoms with van der Waals surface area (Å²) in [5, 5.41) is 0. The van der Waals surface area contributed by atoms with E-state index in [0.717, 1.165) is 24.2 Å². The monoisotopic (exact) mass is 176 g/mol. The van der Waals surface area contributed by atoms with E-state index >= 15 is 0 Å². The minimum Gasteiger partial charge on any atom is -0.390 e. The molecule has 0 aromatic rings. The maximum absolute atomic E-state index is 5.20. The Morgan fingerprint density at radius 1 is 1.31 bits per heavy atom. The van der Waals surface area contributed by atoms with E-state index < -0.39 is 0 Å². The van der Waals surface area contributed by atoms with E-state index in [-0.39, 0.29) is 0 Å². The van der Waals surface area contributed by atoms with E-state index in [1.54, 1.807) is 0 Å². The molecule has 1 N–H and O–H groups in total. The van der Waals surface area contributed by atoms with Crippen molar-refractivity contribution >= 4 is 0 Å². The van der Waals surface area contributed by atoms with Crippen molar-refractivity contribution in [1.82, 2.24) is 19.9 Å². The van der Waals surface area contributed by atoms with Crippen LogP contribution < -0.4 is 4.74 Å². The summed E-state index contributed by atoms with van der Waals surface area (Å²) in [5.41, 5.74) is 1.91. The van der Waals surface area contributed by atoms with E-state index in [1.807, 2.05) is 0 Å². The third kappa shape index (κ3) is 0.838. The number of hydrogen-bond acceptors (Lipinski definition) is 4. The van der Waals surface area contributed by atoms with E-state index in [0.29, 0.717) is 17.8 Å². The summed E-state index contributed by atoms with van der Waals surface area (Å²) < 4.78 is 5.20. The van der Waals surface area contributed by atoms with Crippen LogP contribution in [0.15, 0.2) is 0 Å². The predicted octanol–water partition coefficient (Wildman–Crippen LogP) is 1.36. The highest BCUT2D eigenvalue weighted by Crippen LogP contribution is 2.32. The minimum atomic E-state index is 0.411. The van der Waals surface area contributed by atoms with Gasteiger partial charge in [-0.05, 0) is 6.42 Å². The summed E-state index contributed by atoms with van der Waals surface area (Å²) in [6.07, 6.45) is 2.02. The summed E-state index contributed by atoms with van der Waals surface area (Å²) in [5.74, 6) is 0.693. The van der Waals surface area contributed by atoms with Gasteiger partial charge < -0.3 is 9.72 Å². The molecule has 3 aliphatic rings. The van der Waals surface area contributed by atoms with Gasteiger partial charge in [-0.1, -0.05) is 13.3 Å². The van der Waals surface area contributed by atoms with Crippen molar-refractivity contribution in [2.75, 3.05) is 0 Å². The van der Waals surface area contributed by atoms with Crippen molar-refractivity contribution in [3.05, 3.63) is 5.69 Å². The van der Waals surface area contributed by atoms with Crippen molar-refractivity contribution in [1.29, 1.82) is 0 Å². The SMILES string of the molecule is CCCc1[nH]c2nc3nc(nc1-3)O2. The number of aromatic amines is 1. The maximum atomic E-state index is 5.20. The molecule has 0 saturated heterocycles. The molecule has 0 saturated carbocycles. The Morgan fingerprint density at radius 2 is 2.23 bits per heavy atom. The second-order valence-electron chi connectivity index (χ2n) is 3.05. The van der Waals surface area contributed by atoms with Crippen LogP contribution in [0.25, 0.3) is 11.5 Å². The number of aryl methyl sites for hydroxylation is 1. The van der Waals surface area contributed by atoms with Gasteiger partial charge in [0.15, 0.2) is 5.82 Å². The molecule has 3 aliphatic heterocycles. The Kier molecular flexibility index (Phi) is 1.15. The fraction of sp³-hybridized carbons (Fsp3) is 0.375. The lowest BCUT2D eigenvalue weighted by molar-refractivity contribution is 0.406. The van der Waals surface area contributed by atoms with E-state index in [2.05, 4.69) is 26.9 Å². The molecule has 0 radical (unpaired) electrons. The number of nitrogens with one attached hydrogen (secondary N) is 1. The predicted molar refractivity (Wildman–Crippen MR) is 44.9 cm³/mol. The molecular weight excluding hydrogens is 168 g/mol. The lowest BCUT2D eigenvalue weighted by Gasteiger charge is -2.07. The van der Waals surface area contributed by atoms with Crippen LogP contribution in [0.2, 0.25) is 0 Å². The molecule has 0 unspecified atom stereocenters. The smallest absolute Gasteiger partial charge is 0.327 e. The number of hydrogen-bond donors (Lipinski definition) is 1. The lowest BCUT2D eigenvalue weighted by Crippen LogP contribution is -2.02. The minimum absolute atomic E-state index is 0.411. The summed E-state index contributed by atoms with van der Waals surface area (Å²) in [6.45, 7) is 2.12. The zero-order chi connectivity index (χ0) is 8.84. The van der Waals surface area contributed by atoms with Gasteiger partial charge in [-0.3, -0.25) is 0 Å². The number of rotatable bonds is 2. The molecular formula is C8H8N4O. The Hall–Kier alpha value is -1.65. The van der Waals surface area contributed by atoms with Crippen molar-refractivity contribution in [3.8, 4) is 23.5 Å². The Morgan fingerprint density at radius 3 is 3.08 bits per heavy atom. The second kappa shape index (κ2) is 2.18. The zero-order valence-corrected chi connectivity index (χ0v) is 7.16. The average molecular weight is 176 g/mol. The first-order chi connectivity index (χ1) is 6.36. The van der Waals surface area contributed by atoms with Crippen molar-refractivity contribution < 1.29 is 4.74 Å². The molecule has 0 aromatic carbocycles. The van der Waals surface area contributed by atoms with Gasteiger partial charge >= 0.3 is 12.0 Å². The molecule has 13 heavy (non-hydrogen) atoms. The highest BCUT2D eigenvalue weighted by Gasteiger charge is 2.25. The molecule has 0 amide bonds. The van der Waals surface area contributed by atoms with E-state index in [4.69, 9.17) is 4.74 Å². The third-order valence-corrected chi connectivity index (χ3v) is 2.06. The molecule has 3 bridgehead atoms. The number of H-pyrrole nitrogens is 1. The highest BCUT2D eigenvalue weighted by molar-refractivity contribution is 5.58. The topological polar surface area (TPSA) is 63.7 Å². The Balaban J connectivity index is 2.25. The molecule has 0 atom stereocenters. The fourth-order valence-corrected chi connectivity index (χ4v) is 1.52. The average Bonchev–Trinajstić information content (AvgIpc) is 2.33. The van der Waals surface area contributed by atoms with E-state index in [1.165, 1.54) is 0 Å². The first kappa shape index (κ1) is 6.82. The van der Waals surface area contributed by atoms with Crippen molar-refractivity contribution in [2.45, 2.75) is 19.8 Å². The van der Waals surface area contributed by atoms with Gasteiger partial charge in [0.05, 0.1) is 0 Å². The highest BCUT2D eigenvalue weighted by atomic mass is 16.5. The number of fused-ring (bicyclic) bond motifs is 2. The number of nitrogens with zero attached hydrogens (tertiary/aromatic N) is 3. The Labute approximate surface area is 74.5 Å². The summed E-state index contributed by atoms with van der Waals surface area (Å²) >= 11 is 0. The largest absolute Gasteiger partial charge is 0.390 e. The number of ether oxygens (including phenoxy) is 1. The fourth-order valence-electron chi connectivity index (χ4n) is 1.52. The second-order valence-corrected chi connectivity index (χ2v) is 3.05. The van der Waals surface area contributed by atoms with E-state index in [9.17, 15) is 0 Å². The van der Waals surface area contributed by atoms with Gasteiger partial charge in [-0.15, -0.1) is 0 Å². The zero-order valence-electron chi connectivity index (χ0n) is 7.16. The number of aromatic nitrogens is 4. The maximum Gasteiger partial charge on any atom is 0.327 e. The first-order valence-corrected chi connectivity index (χ1v) is 4.31. The molecule has 3 rings (SSSR count). The summed E-state index contributed by atoms with van der Waals surface area (Å²) in [6, 6.07) is 0.919. The molecule has 3 heterocycles. The van der Waals surface area contributed by atoms with Crippen molar-refractivity contribution in [2.24, 2.45) is 0 Å².